The number of amides is 1. The van der Waals surface area contributed by atoms with Crippen molar-refractivity contribution in [2.24, 2.45) is 0 Å². The molecule has 132 valence electrons. The zero-order valence-electron chi connectivity index (χ0n) is 13.2. The number of nitrogens with zero attached hydrogens (tertiary/aromatic N) is 3. The summed E-state index contributed by atoms with van der Waals surface area (Å²) in [6, 6.07) is 3.07. The van der Waals surface area contributed by atoms with Gasteiger partial charge in [0, 0.05) is 24.2 Å². The Balaban J connectivity index is 1.67. The van der Waals surface area contributed by atoms with Gasteiger partial charge in [-0.3, -0.25) is 9.78 Å². The maximum atomic E-state index is 12.6. The Morgan fingerprint density at radius 2 is 2.04 bits per heavy atom. The fraction of sp³-hybridized carbons (Fsp3) is 0.375. The molecular weight excluding hydrogens is 335 g/mol. The maximum absolute atomic E-state index is 12.6. The lowest BCUT2D eigenvalue weighted by Crippen LogP contribution is -2.40. The van der Waals surface area contributed by atoms with Crippen LogP contribution in [0.15, 0.2) is 30.7 Å². The summed E-state index contributed by atoms with van der Waals surface area (Å²) in [6.07, 6.45) is 0.299. The Labute approximate surface area is 141 Å². The molecule has 1 saturated heterocycles. The molecule has 0 unspecified atom stereocenters. The van der Waals surface area contributed by atoms with Crippen LogP contribution in [-0.2, 0) is 17.5 Å². The maximum Gasteiger partial charge on any atom is 0.419 e. The van der Waals surface area contributed by atoms with Gasteiger partial charge in [0.15, 0.2) is 5.82 Å². The highest BCUT2D eigenvalue weighted by atomic mass is 19.4. The molecule has 2 aromatic rings. The van der Waals surface area contributed by atoms with Gasteiger partial charge in [0.05, 0.1) is 23.8 Å². The second kappa shape index (κ2) is 7.14. The van der Waals surface area contributed by atoms with E-state index >= 15 is 0 Å². The summed E-state index contributed by atoms with van der Waals surface area (Å²) in [5.74, 6) is 0.0796. The monoisotopic (exact) mass is 351 g/mol. The molecule has 1 aliphatic heterocycles. The normalized spacial score (nSPS) is 17.5. The van der Waals surface area contributed by atoms with Crippen LogP contribution in [0.25, 0.3) is 11.4 Å². The lowest BCUT2D eigenvalue weighted by Gasteiger charge is -2.11. The first-order chi connectivity index (χ1) is 11.9. The summed E-state index contributed by atoms with van der Waals surface area (Å²) in [6.45, 7) is 1.06. The zero-order chi connectivity index (χ0) is 17.9. The van der Waals surface area contributed by atoms with Gasteiger partial charge in [0.25, 0.3) is 0 Å². The summed E-state index contributed by atoms with van der Waals surface area (Å²) < 4.78 is 37.7. The van der Waals surface area contributed by atoms with Crippen molar-refractivity contribution in [1.82, 2.24) is 25.6 Å². The molecule has 0 radical (unpaired) electrons. The van der Waals surface area contributed by atoms with E-state index < -0.39 is 11.7 Å². The van der Waals surface area contributed by atoms with Gasteiger partial charge in [0.2, 0.25) is 5.91 Å². The first-order valence-electron chi connectivity index (χ1n) is 7.79. The molecule has 2 N–H and O–H groups in total. The van der Waals surface area contributed by atoms with Gasteiger partial charge in [-0.1, -0.05) is 0 Å². The van der Waals surface area contributed by atoms with Gasteiger partial charge in [-0.2, -0.15) is 13.2 Å². The van der Waals surface area contributed by atoms with E-state index in [2.05, 4.69) is 25.6 Å². The minimum atomic E-state index is -4.47. The second-order valence-corrected chi connectivity index (χ2v) is 5.70. The van der Waals surface area contributed by atoms with Crippen molar-refractivity contribution in [3.63, 3.8) is 0 Å². The molecule has 0 bridgehead atoms. The number of pyridine rings is 1. The summed E-state index contributed by atoms with van der Waals surface area (Å²) >= 11 is 0. The van der Waals surface area contributed by atoms with E-state index in [9.17, 15) is 18.0 Å². The van der Waals surface area contributed by atoms with Crippen molar-refractivity contribution in [1.29, 1.82) is 0 Å². The van der Waals surface area contributed by atoms with Crippen molar-refractivity contribution in [3.8, 4) is 11.4 Å². The summed E-state index contributed by atoms with van der Waals surface area (Å²) in [5, 5.41) is 5.90. The van der Waals surface area contributed by atoms with E-state index in [1.54, 1.807) is 12.1 Å². The zero-order valence-corrected chi connectivity index (χ0v) is 13.2. The number of carbonyl (C=O) groups is 1. The van der Waals surface area contributed by atoms with Gasteiger partial charge in [0.1, 0.15) is 0 Å². The molecule has 25 heavy (non-hydrogen) atoms. The van der Waals surface area contributed by atoms with E-state index in [4.69, 9.17) is 0 Å². The van der Waals surface area contributed by atoms with Crippen molar-refractivity contribution >= 4 is 5.91 Å². The second-order valence-electron chi connectivity index (χ2n) is 5.70. The van der Waals surface area contributed by atoms with E-state index in [-0.39, 0.29) is 24.3 Å². The molecule has 2 aromatic heterocycles. The lowest BCUT2D eigenvalue weighted by molar-refractivity contribution is -0.138. The Kier molecular flexibility index (Phi) is 4.93. The Morgan fingerprint density at radius 3 is 2.68 bits per heavy atom. The molecule has 0 aliphatic carbocycles. The fourth-order valence-electron chi connectivity index (χ4n) is 2.55. The smallest absolute Gasteiger partial charge is 0.349 e. The van der Waals surface area contributed by atoms with E-state index in [1.807, 2.05) is 0 Å². The van der Waals surface area contributed by atoms with Crippen LogP contribution in [-0.4, -0.2) is 33.4 Å². The van der Waals surface area contributed by atoms with Gasteiger partial charge in [-0.05, 0) is 31.5 Å². The van der Waals surface area contributed by atoms with Crippen molar-refractivity contribution in [2.45, 2.75) is 31.6 Å². The summed E-state index contributed by atoms with van der Waals surface area (Å²) in [7, 11) is 0. The Bertz CT molecular complexity index is 742. The van der Waals surface area contributed by atoms with Gasteiger partial charge >= 0.3 is 6.18 Å². The molecule has 1 fully saturated rings. The predicted octanol–water partition coefficient (Wildman–Crippen LogP) is 1.93. The van der Waals surface area contributed by atoms with Gasteiger partial charge in [-0.25, -0.2) is 9.97 Å². The standard InChI is InChI=1S/C16H16F3N5O/c17-16(18,19)11-7-22-14(23-8-11)10-3-5-20-12(6-10)9-24-15(25)13-2-1-4-21-13/h3,5-8,13,21H,1-2,4,9H2,(H,24,25)/t13-/m0/s1. The van der Waals surface area contributed by atoms with Crippen molar-refractivity contribution < 1.29 is 18.0 Å². The fourth-order valence-corrected chi connectivity index (χ4v) is 2.55. The van der Waals surface area contributed by atoms with Crippen LogP contribution < -0.4 is 10.6 Å². The third-order valence-electron chi connectivity index (χ3n) is 3.87. The van der Waals surface area contributed by atoms with Gasteiger partial charge < -0.3 is 10.6 Å². The quantitative estimate of drug-likeness (QED) is 0.880. The summed E-state index contributed by atoms with van der Waals surface area (Å²) in [4.78, 5) is 23.6. The molecule has 0 spiro atoms. The number of halogens is 3. The minimum Gasteiger partial charge on any atom is -0.349 e. The average molecular weight is 351 g/mol. The molecule has 3 rings (SSSR count). The lowest BCUT2D eigenvalue weighted by atomic mass is 10.2. The number of aromatic nitrogens is 3. The number of rotatable bonds is 4. The molecular formula is C16H16F3N5O. The molecule has 1 aliphatic rings. The molecule has 6 nitrogen and oxygen atoms in total. The van der Waals surface area contributed by atoms with E-state index in [1.165, 1.54) is 6.20 Å². The van der Waals surface area contributed by atoms with E-state index in [0.717, 1.165) is 31.8 Å². The van der Waals surface area contributed by atoms with Crippen LogP contribution in [0.2, 0.25) is 0 Å². The number of alkyl halides is 3. The van der Waals surface area contributed by atoms with Crippen LogP contribution >= 0.6 is 0 Å². The topological polar surface area (TPSA) is 79.8 Å². The van der Waals surface area contributed by atoms with Crippen LogP contribution in [0, 0.1) is 0 Å². The van der Waals surface area contributed by atoms with Crippen LogP contribution in [0.3, 0.4) is 0 Å². The minimum absolute atomic E-state index is 0.0875. The van der Waals surface area contributed by atoms with Crippen LogP contribution in [0.5, 0.6) is 0 Å². The number of carbonyl (C=O) groups excluding carboxylic acids is 1. The Morgan fingerprint density at radius 1 is 1.28 bits per heavy atom. The predicted molar refractivity (Wildman–Crippen MR) is 83.1 cm³/mol. The Hall–Kier alpha value is -2.55. The molecule has 3 heterocycles. The highest BCUT2D eigenvalue weighted by Gasteiger charge is 2.31. The number of hydrogen-bond acceptors (Lipinski definition) is 5. The van der Waals surface area contributed by atoms with Crippen molar-refractivity contribution in [2.75, 3.05) is 6.54 Å². The molecule has 9 heteroatoms. The first kappa shape index (κ1) is 17.3. The van der Waals surface area contributed by atoms with Crippen LogP contribution in [0.4, 0.5) is 13.2 Å². The molecule has 1 atom stereocenters. The molecule has 0 saturated carbocycles. The van der Waals surface area contributed by atoms with Crippen molar-refractivity contribution in [3.05, 3.63) is 42.0 Å². The highest BCUT2D eigenvalue weighted by Crippen LogP contribution is 2.28. The first-order valence-corrected chi connectivity index (χ1v) is 7.79. The third-order valence-corrected chi connectivity index (χ3v) is 3.87. The highest BCUT2D eigenvalue weighted by molar-refractivity contribution is 5.81. The summed E-state index contributed by atoms with van der Waals surface area (Å²) in [5.41, 5.74) is 0.209. The average Bonchev–Trinajstić information content (AvgIpc) is 3.14. The van der Waals surface area contributed by atoms with E-state index in [0.29, 0.717) is 11.3 Å². The number of nitrogens with one attached hydrogen (secondary N) is 2. The molecule has 0 aromatic carbocycles. The largest absolute Gasteiger partial charge is 0.419 e. The SMILES string of the molecule is O=C(NCc1cc(-c2ncc(C(F)(F)F)cn2)ccn1)[C@@H]1CCCN1. The van der Waals surface area contributed by atoms with Gasteiger partial charge in [-0.15, -0.1) is 0 Å². The molecule has 1 amide bonds. The van der Waals surface area contributed by atoms with Crippen LogP contribution in [0.1, 0.15) is 24.1 Å². The number of hydrogen-bond donors (Lipinski definition) is 2. The third kappa shape index (κ3) is 4.30.